The molecule has 1 heterocycles. The Morgan fingerprint density at radius 2 is 1.63 bits per heavy atom. The predicted molar refractivity (Wildman–Crippen MR) is 72.4 cm³/mol. The van der Waals surface area contributed by atoms with Crippen LogP contribution in [0.4, 0.5) is 0 Å². The monoisotopic (exact) mass is 264 g/mol. The van der Waals surface area contributed by atoms with Crippen LogP contribution >= 0.6 is 0 Å². The third-order valence-electron chi connectivity index (χ3n) is 5.40. The molecule has 1 saturated heterocycles. The maximum atomic E-state index is 12.3. The van der Waals surface area contributed by atoms with E-state index in [0.29, 0.717) is 12.5 Å². The smallest absolute Gasteiger partial charge is 0.233 e. The Morgan fingerprint density at radius 1 is 1.05 bits per heavy atom. The van der Waals surface area contributed by atoms with Gasteiger partial charge in [-0.15, -0.1) is 0 Å². The van der Waals surface area contributed by atoms with Gasteiger partial charge in [0.15, 0.2) is 0 Å². The Labute approximate surface area is 114 Å². The minimum absolute atomic E-state index is 0.00795. The number of nitrogens with zero attached hydrogens (tertiary/aromatic N) is 1. The van der Waals surface area contributed by atoms with Crippen LogP contribution in [0.1, 0.15) is 44.9 Å². The average molecular weight is 264 g/mol. The molecular weight excluding hydrogens is 240 g/mol. The summed E-state index contributed by atoms with van der Waals surface area (Å²) in [5.41, 5.74) is 0. The first kappa shape index (κ1) is 13.1. The maximum absolute atomic E-state index is 12.3. The van der Waals surface area contributed by atoms with Crippen molar-refractivity contribution in [1.29, 1.82) is 0 Å². The fourth-order valence-electron chi connectivity index (χ4n) is 4.27. The summed E-state index contributed by atoms with van der Waals surface area (Å²) < 4.78 is 0. The zero-order valence-corrected chi connectivity index (χ0v) is 11.7. The number of imide groups is 1. The molecule has 2 saturated carbocycles. The lowest BCUT2D eigenvalue weighted by atomic mass is 9.97. The molecule has 0 aromatic carbocycles. The lowest BCUT2D eigenvalue weighted by Crippen LogP contribution is -2.46. The van der Waals surface area contributed by atoms with Gasteiger partial charge in [-0.25, -0.2) is 0 Å². The van der Waals surface area contributed by atoms with E-state index in [-0.39, 0.29) is 29.7 Å². The summed E-state index contributed by atoms with van der Waals surface area (Å²) in [6, 6.07) is 0.286. The molecule has 0 aromatic rings. The molecule has 3 unspecified atom stereocenters. The van der Waals surface area contributed by atoms with Crippen LogP contribution < -0.4 is 5.32 Å². The van der Waals surface area contributed by atoms with Crippen molar-refractivity contribution < 1.29 is 9.59 Å². The Balaban J connectivity index is 1.68. The van der Waals surface area contributed by atoms with E-state index < -0.39 is 0 Å². The van der Waals surface area contributed by atoms with E-state index in [1.54, 1.807) is 4.90 Å². The minimum Gasteiger partial charge on any atom is -0.315 e. The second kappa shape index (κ2) is 5.23. The molecule has 0 bridgehead atoms. The zero-order valence-electron chi connectivity index (χ0n) is 11.7. The highest BCUT2D eigenvalue weighted by molar-refractivity contribution is 6.05. The number of carbonyl (C=O) groups is 2. The molecule has 4 heteroatoms. The topological polar surface area (TPSA) is 49.4 Å². The number of nitrogens with one attached hydrogen (secondary N) is 1. The molecule has 0 radical (unpaired) electrons. The third kappa shape index (κ3) is 2.20. The van der Waals surface area contributed by atoms with Gasteiger partial charge in [0, 0.05) is 12.6 Å². The normalized spacial score (nSPS) is 33.2. The summed E-state index contributed by atoms with van der Waals surface area (Å²) in [6.45, 7) is 0.589. The number of hydrogen-bond acceptors (Lipinski definition) is 3. The van der Waals surface area contributed by atoms with Gasteiger partial charge in [0.25, 0.3) is 0 Å². The minimum atomic E-state index is 0.00795. The van der Waals surface area contributed by atoms with Crippen molar-refractivity contribution in [1.82, 2.24) is 10.2 Å². The second-order valence-corrected chi connectivity index (χ2v) is 6.37. The third-order valence-corrected chi connectivity index (χ3v) is 5.40. The molecule has 106 valence electrons. The van der Waals surface area contributed by atoms with Crippen LogP contribution in [0.25, 0.3) is 0 Å². The lowest BCUT2D eigenvalue weighted by molar-refractivity contribution is -0.140. The number of hydrogen-bond donors (Lipinski definition) is 1. The summed E-state index contributed by atoms with van der Waals surface area (Å²) in [5.74, 6) is 0.852. The SMILES string of the molecule is CNC(CN1C(=O)C2CCCC2C1=O)C1CCCC1. The van der Waals surface area contributed by atoms with Crippen LogP contribution in [-0.4, -0.2) is 36.3 Å². The van der Waals surface area contributed by atoms with Gasteiger partial charge in [-0.2, -0.15) is 0 Å². The number of amides is 2. The second-order valence-electron chi connectivity index (χ2n) is 6.37. The molecule has 0 aromatic heterocycles. The van der Waals surface area contributed by atoms with E-state index in [1.807, 2.05) is 7.05 Å². The highest BCUT2D eigenvalue weighted by atomic mass is 16.2. The number of fused-ring (bicyclic) bond motifs is 1. The quantitative estimate of drug-likeness (QED) is 0.784. The summed E-state index contributed by atoms with van der Waals surface area (Å²) in [7, 11) is 1.95. The molecule has 19 heavy (non-hydrogen) atoms. The zero-order chi connectivity index (χ0) is 13.4. The van der Waals surface area contributed by atoms with Crippen LogP contribution in [0.2, 0.25) is 0 Å². The van der Waals surface area contributed by atoms with Crippen LogP contribution in [0, 0.1) is 17.8 Å². The molecule has 1 N–H and O–H groups in total. The van der Waals surface area contributed by atoms with Crippen LogP contribution in [0.15, 0.2) is 0 Å². The molecule has 3 aliphatic rings. The van der Waals surface area contributed by atoms with Crippen molar-refractivity contribution in [2.24, 2.45) is 17.8 Å². The average Bonchev–Trinajstić information content (AvgIpc) is 3.12. The maximum Gasteiger partial charge on any atom is 0.233 e. The van der Waals surface area contributed by atoms with E-state index >= 15 is 0 Å². The summed E-state index contributed by atoms with van der Waals surface area (Å²) in [4.78, 5) is 26.2. The summed E-state index contributed by atoms with van der Waals surface area (Å²) in [6.07, 6.45) is 7.91. The van der Waals surface area contributed by atoms with Gasteiger partial charge < -0.3 is 5.32 Å². The molecule has 3 fully saturated rings. The van der Waals surface area contributed by atoms with Gasteiger partial charge in [0.05, 0.1) is 11.8 Å². The van der Waals surface area contributed by atoms with E-state index in [1.165, 1.54) is 25.7 Å². The number of rotatable bonds is 4. The van der Waals surface area contributed by atoms with Crippen molar-refractivity contribution in [2.75, 3.05) is 13.6 Å². The fraction of sp³-hybridized carbons (Fsp3) is 0.867. The summed E-state index contributed by atoms with van der Waals surface area (Å²) >= 11 is 0. The highest BCUT2D eigenvalue weighted by Crippen LogP contribution is 2.40. The molecule has 2 amide bonds. The van der Waals surface area contributed by atoms with Gasteiger partial charge in [-0.1, -0.05) is 19.3 Å². The van der Waals surface area contributed by atoms with Crippen molar-refractivity contribution in [3.63, 3.8) is 0 Å². The van der Waals surface area contributed by atoms with Gasteiger partial charge in [0.2, 0.25) is 11.8 Å². The van der Waals surface area contributed by atoms with Gasteiger partial charge in [-0.3, -0.25) is 14.5 Å². The van der Waals surface area contributed by atoms with Gasteiger partial charge in [-0.05, 0) is 38.6 Å². The first-order valence-electron chi connectivity index (χ1n) is 7.75. The molecule has 0 spiro atoms. The molecule has 3 rings (SSSR count). The van der Waals surface area contributed by atoms with Gasteiger partial charge >= 0.3 is 0 Å². The standard InChI is InChI=1S/C15H24N2O2/c1-16-13(10-5-2-3-6-10)9-17-14(18)11-7-4-8-12(11)15(17)19/h10-13,16H,2-9H2,1H3. The van der Waals surface area contributed by atoms with E-state index in [0.717, 1.165) is 19.3 Å². The fourth-order valence-corrected chi connectivity index (χ4v) is 4.27. The Bertz CT molecular complexity index is 354. The first-order valence-corrected chi connectivity index (χ1v) is 7.75. The van der Waals surface area contributed by atoms with Crippen molar-refractivity contribution >= 4 is 11.8 Å². The number of carbonyl (C=O) groups excluding carboxylic acids is 2. The first-order chi connectivity index (χ1) is 9.22. The molecular formula is C15H24N2O2. The molecule has 1 aliphatic heterocycles. The number of likely N-dealkylation sites (tertiary alicyclic amines) is 1. The Hall–Kier alpha value is -0.900. The number of likely N-dealkylation sites (N-methyl/N-ethyl adjacent to an activating group) is 1. The van der Waals surface area contributed by atoms with E-state index in [4.69, 9.17) is 0 Å². The predicted octanol–water partition coefficient (Wildman–Crippen LogP) is 1.55. The van der Waals surface area contributed by atoms with E-state index in [9.17, 15) is 9.59 Å². The molecule has 3 atom stereocenters. The van der Waals surface area contributed by atoms with Crippen LogP contribution in [0.3, 0.4) is 0 Å². The molecule has 4 nitrogen and oxygen atoms in total. The summed E-state index contributed by atoms with van der Waals surface area (Å²) in [5, 5.41) is 3.33. The Morgan fingerprint density at radius 3 is 2.16 bits per heavy atom. The van der Waals surface area contributed by atoms with Crippen LogP contribution in [0.5, 0.6) is 0 Å². The largest absolute Gasteiger partial charge is 0.315 e. The Kier molecular flexibility index (Phi) is 3.61. The molecule has 2 aliphatic carbocycles. The van der Waals surface area contributed by atoms with E-state index in [2.05, 4.69) is 5.32 Å². The van der Waals surface area contributed by atoms with Crippen molar-refractivity contribution in [2.45, 2.75) is 51.0 Å². The van der Waals surface area contributed by atoms with Crippen LogP contribution in [-0.2, 0) is 9.59 Å². The van der Waals surface area contributed by atoms with Crippen molar-refractivity contribution in [3.05, 3.63) is 0 Å². The highest BCUT2D eigenvalue weighted by Gasteiger charge is 2.50. The van der Waals surface area contributed by atoms with Gasteiger partial charge in [0.1, 0.15) is 0 Å². The lowest BCUT2D eigenvalue weighted by Gasteiger charge is -2.27. The van der Waals surface area contributed by atoms with Crippen molar-refractivity contribution in [3.8, 4) is 0 Å².